The molecule has 0 saturated heterocycles. The summed E-state index contributed by atoms with van der Waals surface area (Å²) in [5, 5.41) is 13.3. The smallest absolute Gasteiger partial charge is 0.338 e. The van der Waals surface area contributed by atoms with Crippen molar-refractivity contribution in [2.75, 3.05) is 6.61 Å². The monoisotopic (exact) mass is 219 g/mol. The molecular weight excluding hydrogens is 210 g/mol. The van der Waals surface area contributed by atoms with Crippen LogP contribution in [0.5, 0.6) is 0 Å². The first-order chi connectivity index (χ1) is 7.81. The van der Waals surface area contributed by atoms with Crippen molar-refractivity contribution in [2.45, 2.75) is 6.92 Å². The van der Waals surface area contributed by atoms with E-state index in [-0.39, 0.29) is 0 Å². The molecule has 2 heterocycles. The fourth-order valence-corrected chi connectivity index (χ4v) is 1.16. The number of H-pyrrole nitrogens is 1. The van der Waals surface area contributed by atoms with Crippen molar-refractivity contribution in [3.05, 3.63) is 23.9 Å². The Bertz CT molecular complexity index is 482. The highest BCUT2D eigenvalue weighted by Gasteiger charge is 2.10. The number of rotatable bonds is 3. The molecule has 0 bridgehead atoms. The summed E-state index contributed by atoms with van der Waals surface area (Å²) in [6.07, 6.45) is 1.50. The van der Waals surface area contributed by atoms with Crippen molar-refractivity contribution >= 4 is 5.97 Å². The second kappa shape index (κ2) is 4.47. The fraction of sp³-hybridized carbons (Fsp3) is 0.222. The van der Waals surface area contributed by atoms with Gasteiger partial charge in [-0.2, -0.15) is 5.21 Å². The zero-order chi connectivity index (χ0) is 11.4. The molecule has 0 atom stereocenters. The Balaban J connectivity index is 2.30. The van der Waals surface area contributed by atoms with E-state index in [4.69, 9.17) is 4.74 Å². The Labute approximate surface area is 90.9 Å². The SMILES string of the molecule is CCOC(=O)c1ccnc(-c2nn[nH]n2)c1. The number of aromatic amines is 1. The number of pyridine rings is 1. The van der Waals surface area contributed by atoms with E-state index < -0.39 is 5.97 Å². The number of esters is 1. The Kier molecular flexibility index (Phi) is 2.86. The maximum atomic E-state index is 11.5. The van der Waals surface area contributed by atoms with Crippen LogP contribution in [0.1, 0.15) is 17.3 Å². The van der Waals surface area contributed by atoms with E-state index >= 15 is 0 Å². The van der Waals surface area contributed by atoms with Crippen molar-refractivity contribution in [1.29, 1.82) is 0 Å². The number of carbonyl (C=O) groups is 1. The van der Waals surface area contributed by atoms with E-state index in [0.29, 0.717) is 23.7 Å². The highest BCUT2D eigenvalue weighted by molar-refractivity contribution is 5.90. The molecular formula is C9H9N5O2. The zero-order valence-electron chi connectivity index (χ0n) is 8.54. The second-order valence-corrected chi connectivity index (χ2v) is 2.89. The average molecular weight is 219 g/mol. The Morgan fingerprint density at radius 3 is 3.12 bits per heavy atom. The number of hydrogen-bond donors (Lipinski definition) is 1. The molecule has 0 saturated carbocycles. The molecule has 2 aromatic heterocycles. The molecule has 2 aromatic rings. The highest BCUT2D eigenvalue weighted by Crippen LogP contribution is 2.12. The first-order valence-electron chi connectivity index (χ1n) is 4.68. The lowest BCUT2D eigenvalue weighted by molar-refractivity contribution is 0.0526. The number of aromatic nitrogens is 5. The van der Waals surface area contributed by atoms with Gasteiger partial charge in [-0.15, -0.1) is 10.2 Å². The summed E-state index contributed by atoms with van der Waals surface area (Å²) in [6, 6.07) is 3.13. The Morgan fingerprint density at radius 1 is 1.56 bits per heavy atom. The number of nitrogens with one attached hydrogen (secondary N) is 1. The summed E-state index contributed by atoms with van der Waals surface area (Å²) < 4.78 is 4.87. The van der Waals surface area contributed by atoms with Crippen LogP contribution in [0.2, 0.25) is 0 Å². The van der Waals surface area contributed by atoms with Gasteiger partial charge in [0.05, 0.1) is 12.2 Å². The van der Waals surface area contributed by atoms with Crippen LogP contribution in [0.25, 0.3) is 11.5 Å². The topological polar surface area (TPSA) is 93.6 Å². The molecule has 7 heteroatoms. The molecule has 0 aliphatic carbocycles. The normalized spacial score (nSPS) is 10.1. The van der Waals surface area contributed by atoms with Crippen LogP contribution in [-0.4, -0.2) is 38.2 Å². The summed E-state index contributed by atoms with van der Waals surface area (Å²) in [5.74, 6) is -0.0548. The molecule has 0 amide bonds. The molecule has 0 fully saturated rings. The van der Waals surface area contributed by atoms with Crippen LogP contribution in [0.3, 0.4) is 0 Å². The minimum Gasteiger partial charge on any atom is -0.462 e. The van der Waals surface area contributed by atoms with Gasteiger partial charge < -0.3 is 4.74 Å². The van der Waals surface area contributed by atoms with Gasteiger partial charge in [-0.25, -0.2) is 4.79 Å². The molecule has 0 unspecified atom stereocenters. The maximum absolute atomic E-state index is 11.5. The van der Waals surface area contributed by atoms with Crippen LogP contribution in [0, 0.1) is 0 Å². The van der Waals surface area contributed by atoms with Crippen LogP contribution >= 0.6 is 0 Å². The molecule has 1 N–H and O–H groups in total. The molecule has 0 spiro atoms. The quantitative estimate of drug-likeness (QED) is 0.752. The largest absolute Gasteiger partial charge is 0.462 e. The van der Waals surface area contributed by atoms with E-state index in [2.05, 4.69) is 25.6 Å². The Morgan fingerprint density at radius 2 is 2.44 bits per heavy atom. The van der Waals surface area contributed by atoms with Crippen molar-refractivity contribution in [1.82, 2.24) is 25.6 Å². The van der Waals surface area contributed by atoms with Gasteiger partial charge in [0.2, 0.25) is 5.82 Å². The summed E-state index contributed by atoms with van der Waals surface area (Å²) in [5.41, 5.74) is 0.885. The maximum Gasteiger partial charge on any atom is 0.338 e. The number of tetrazole rings is 1. The predicted molar refractivity (Wildman–Crippen MR) is 53.4 cm³/mol. The van der Waals surface area contributed by atoms with Crippen LogP contribution in [0.15, 0.2) is 18.3 Å². The minimum absolute atomic E-state index is 0.332. The summed E-state index contributed by atoms with van der Waals surface area (Å²) in [6.45, 7) is 2.08. The van der Waals surface area contributed by atoms with Gasteiger partial charge in [0.15, 0.2) is 0 Å². The van der Waals surface area contributed by atoms with Gasteiger partial charge in [0.25, 0.3) is 0 Å². The first kappa shape index (κ1) is 10.2. The van der Waals surface area contributed by atoms with E-state index in [9.17, 15) is 4.79 Å². The summed E-state index contributed by atoms with van der Waals surface area (Å²) >= 11 is 0. The number of nitrogens with zero attached hydrogens (tertiary/aromatic N) is 4. The zero-order valence-corrected chi connectivity index (χ0v) is 8.54. The van der Waals surface area contributed by atoms with Gasteiger partial charge in [-0.3, -0.25) is 4.98 Å². The number of ether oxygens (including phenoxy) is 1. The lowest BCUT2D eigenvalue weighted by atomic mass is 10.2. The van der Waals surface area contributed by atoms with Crippen molar-refractivity contribution in [3.8, 4) is 11.5 Å². The highest BCUT2D eigenvalue weighted by atomic mass is 16.5. The van der Waals surface area contributed by atoms with Gasteiger partial charge in [0, 0.05) is 6.20 Å². The molecule has 0 aliphatic heterocycles. The van der Waals surface area contributed by atoms with Gasteiger partial charge in [-0.1, -0.05) is 0 Å². The lowest BCUT2D eigenvalue weighted by Gasteiger charge is -2.01. The summed E-state index contributed by atoms with van der Waals surface area (Å²) in [7, 11) is 0. The van der Waals surface area contributed by atoms with E-state index in [1.165, 1.54) is 6.20 Å². The van der Waals surface area contributed by atoms with Crippen LogP contribution in [0.4, 0.5) is 0 Å². The second-order valence-electron chi connectivity index (χ2n) is 2.89. The van der Waals surface area contributed by atoms with Gasteiger partial charge in [-0.05, 0) is 24.3 Å². The molecule has 0 aliphatic rings. The first-order valence-corrected chi connectivity index (χ1v) is 4.68. The van der Waals surface area contributed by atoms with Crippen LogP contribution < -0.4 is 0 Å². The van der Waals surface area contributed by atoms with Crippen molar-refractivity contribution < 1.29 is 9.53 Å². The van der Waals surface area contributed by atoms with Crippen LogP contribution in [-0.2, 0) is 4.74 Å². The standard InChI is InChI=1S/C9H9N5O2/c1-2-16-9(15)6-3-4-10-7(5-6)8-11-13-14-12-8/h3-5H,2H2,1H3,(H,11,12,13,14). The molecule has 16 heavy (non-hydrogen) atoms. The number of hydrogen-bond acceptors (Lipinski definition) is 6. The van der Waals surface area contributed by atoms with Crippen molar-refractivity contribution in [3.63, 3.8) is 0 Å². The summed E-state index contributed by atoms with van der Waals surface area (Å²) in [4.78, 5) is 15.5. The Hall–Kier alpha value is -2.31. The fourth-order valence-electron chi connectivity index (χ4n) is 1.16. The van der Waals surface area contributed by atoms with Crippen molar-refractivity contribution in [2.24, 2.45) is 0 Å². The van der Waals surface area contributed by atoms with E-state index in [1.54, 1.807) is 19.1 Å². The third-order valence-corrected chi connectivity index (χ3v) is 1.85. The number of carbonyl (C=O) groups excluding carboxylic acids is 1. The third kappa shape index (κ3) is 2.02. The molecule has 82 valence electrons. The van der Waals surface area contributed by atoms with E-state index in [0.717, 1.165) is 0 Å². The average Bonchev–Trinajstić information content (AvgIpc) is 2.83. The molecule has 2 rings (SSSR count). The minimum atomic E-state index is -0.394. The molecule has 0 radical (unpaired) electrons. The molecule has 0 aromatic carbocycles. The van der Waals surface area contributed by atoms with E-state index in [1.807, 2.05) is 0 Å². The van der Waals surface area contributed by atoms with Gasteiger partial charge >= 0.3 is 5.97 Å². The third-order valence-electron chi connectivity index (χ3n) is 1.85. The lowest BCUT2D eigenvalue weighted by Crippen LogP contribution is -2.05. The predicted octanol–water partition coefficient (Wildman–Crippen LogP) is 0.438. The van der Waals surface area contributed by atoms with Gasteiger partial charge in [0.1, 0.15) is 5.69 Å². The molecule has 7 nitrogen and oxygen atoms in total.